The molecule has 1 aromatic heterocycles. The lowest BCUT2D eigenvalue weighted by atomic mass is 10.1. The average Bonchev–Trinajstić information content (AvgIpc) is 2.68. The van der Waals surface area contributed by atoms with Crippen LogP contribution in [0.15, 0.2) is 35.1 Å². The van der Waals surface area contributed by atoms with Gasteiger partial charge in [0.25, 0.3) is 0 Å². The second-order valence-corrected chi connectivity index (χ2v) is 3.61. The molecule has 1 N–H and O–H groups in total. The Hall–Kier alpha value is -1.32. The van der Waals surface area contributed by atoms with Crippen LogP contribution in [0.1, 0.15) is 5.56 Å². The van der Waals surface area contributed by atoms with Crippen molar-refractivity contribution in [3.05, 3.63) is 41.1 Å². The summed E-state index contributed by atoms with van der Waals surface area (Å²) >= 11 is 5.79. The molecular weight excluding hydrogens is 214 g/mol. The molecule has 0 saturated heterocycles. The molecule has 1 aromatic carbocycles. The quantitative estimate of drug-likeness (QED) is 0.870. The summed E-state index contributed by atoms with van der Waals surface area (Å²) in [5, 5.41) is 13.5. The van der Waals surface area contributed by atoms with Crippen LogP contribution in [0.2, 0.25) is 5.02 Å². The lowest BCUT2D eigenvalue weighted by Crippen LogP contribution is -1.91. The van der Waals surface area contributed by atoms with Gasteiger partial charge in [-0.05, 0) is 12.1 Å². The zero-order valence-electron chi connectivity index (χ0n) is 7.98. The van der Waals surface area contributed by atoms with Crippen LogP contribution in [0.25, 0.3) is 11.3 Å². The van der Waals surface area contributed by atoms with Gasteiger partial charge in [0, 0.05) is 29.2 Å². The third kappa shape index (κ3) is 2.19. The Balaban J connectivity index is 2.36. The number of aliphatic hydroxyl groups is 1. The second kappa shape index (κ2) is 4.47. The number of aromatic nitrogens is 1. The maximum atomic E-state index is 8.86. The van der Waals surface area contributed by atoms with Crippen molar-refractivity contribution in [2.45, 2.75) is 6.42 Å². The molecule has 0 aliphatic heterocycles. The van der Waals surface area contributed by atoms with Crippen molar-refractivity contribution in [3.8, 4) is 11.3 Å². The molecule has 0 bridgehead atoms. The Kier molecular flexibility index (Phi) is 3.04. The SMILES string of the molecule is OCCc1conc1-c1ccc(Cl)cc1. The van der Waals surface area contributed by atoms with Crippen LogP contribution in [0.3, 0.4) is 0 Å². The number of nitrogens with zero attached hydrogens (tertiary/aromatic N) is 1. The van der Waals surface area contributed by atoms with Gasteiger partial charge >= 0.3 is 0 Å². The lowest BCUT2D eigenvalue weighted by Gasteiger charge is -1.99. The first-order chi connectivity index (χ1) is 7.31. The van der Waals surface area contributed by atoms with Crippen molar-refractivity contribution < 1.29 is 9.63 Å². The summed E-state index contributed by atoms with van der Waals surface area (Å²) in [7, 11) is 0. The van der Waals surface area contributed by atoms with E-state index in [4.69, 9.17) is 21.2 Å². The molecule has 78 valence electrons. The molecule has 3 nitrogen and oxygen atoms in total. The molecule has 0 spiro atoms. The van der Waals surface area contributed by atoms with Gasteiger partial charge in [-0.3, -0.25) is 0 Å². The van der Waals surface area contributed by atoms with Crippen molar-refractivity contribution in [2.75, 3.05) is 6.61 Å². The summed E-state index contributed by atoms with van der Waals surface area (Å²) in [4.78, 5) is 0. The van der Waals surface area contributed by atoms with Crippen LogP contribution >= 0.6 is 11.6 Å². The number of rotatable bonds is 3. The average molecular weight is 224 g/mol. The molecule has 2 aromatic rings. The Morgan fingerprint density at radius 2 is 2.00 bits per heavy atom. The maximum absolute atomic E-state index is 8.86. The molecule has 0 aliphatic rings. The summed E-state index contributed by atoms with van der Waals surface area (Å²) in [6.07, 6.45) is 2.10. The zero-order valence-corrected chi connectivity index (χ0v) is 8.74. The fourth-order valence-electron chi connectivity index (χ4n) is 1.40. The van der Waals surface area contributed by atoms with Gasteiger partial charge in [-0.2, -0.15) is 0 Å². The fourth-order valence-corrected chi connectivity index (χ4v) is 1.53. The van der Waals surface area contributed by atoms with E-state index in [1.165, 1.54) is 0 Å². The van der Waals surface area contributed by atoms with Gasteiger partial charge in [-0.1, -0.05) is 28.9 Å². The predicted octanol–water partition coefficient (Wildman–Crippen LogP) is 2.53. The van der Waals surface area contributed by atoms with E-state index in [1.807, 2.05) is 12.1 Å². The Morgan fingerprint density at radius 1 is 1.27 bits per heavy atom. The van der Waals surface area contributed by atoms with E-state index in [1.54, 1.807) is 18.4 Å². The first-order valence-corrected chi connectivity index (χ1v) is 4.99. The molecule has 15 heavy (non-hydrogen) atoms. The van der Waals surface area contributed by atoms with Crippen LogP contribution in [-0.4, -0.2) is 16.9 Å². The Labute approximate surface area is 92.3 Å². The molecule has 0 radical (unpaired) electrons. The van der Waals surface area contributed by atoms with E-state index in [9.17, 15) is 0 Å². The maximum Gasteiger partial charge on any atom is 0.127 e. The highest BCUT2D eigenvalue weighted by molar-refractivity contribution is 6.30. The minimum atomic E-state index is 0.0851. The number of benzene rings is 1. The zero-order chi connectivity index (χ0) is 10.7. The van der Waals surface area contributed by atoms with Crippen molar-refractivity contribution in [2.24, 2.45) is 0 Å². The Morgan fingerprint density at radius 3 is 2.67 bits per heavy atom. The normalized spacial score (nSPS) is 10.5. The van der Waals surface area contributed by atoms with Crippen LogP contribution < -0.4 is 0 Å². The first-order valence-electron chi connectivity index (χ1n) is 4.61. The highest BCUT2D eigenvalue weighted by Gasteiger charge is 2.09. The van der Waals surface area contributed by atoms with Gasteiger partial charge in [0.05, 0.1) is 0 Å². The summed E-state index contributed by atoms with van der Waals surface area (Å²) < 4.78 is 4.89. The van der Waals surface area contributed by atoms with E-state index < -0.39 is 0 Å². The van der Waals surface area contributed by atoms with Crippen molar-refractivity contribution in [1.82, 2.24) is 5.16 Å². The molecule has 0 unspecified atom stereocenters. The van der Waals surface area contributed by atoms with Gasteiger partial charge < -0.3 is 9.63 Å². The minimum Gasteiger partial charge on any atom is -0.396 e. The fraction of sp³-hybridized carbons (Fsp3) is 0.182. The molecule has 0 fully saturated rings. The van der Waals surface area contributed by atoms with Crippen LogP contribution in [-0.2, 0) is 6.42 Å². The first kappa shape index (κ1) is 10.2. The molecule has 1 heterocycles. The smallest absolute Gasteiger partial charge is 0.127 e. The summed E-state index contributed by atoms with van der Waals surface area (Å²) in [5.41, 5.74) is 2.61. The van der Waals surface area contributed by atoms with E-state index in [0.29, 0.717) is 11.4 Å². The van der Waals surface area contributed by atoms with E-state index in [0.717, 1.165) is 16.8 Å². The van der Waals surface area contributed by atoms with E-state index in [2.05, 4.69) is 5.16 Å². The third-order valence-electron chi connectivity index (χ3n) is 2.14. The van der Waals surface area contributed by atoms with Crippen molar-refractivity contribution >= 4 is 11.6 Å². The summed E-state index contributed by atoms with van der Waals surface area (Å²) in [6.45, 7) is 0.0851. The monoisotopic (exact) mass is 223 g/mol. The van der Waals surface area contributed by atoms with Crippen molar-refractivity contribution in [1.29, 1.82) is 0 Å². The Bertz CT molecular complexity index is 436. The molecule has 0 saturated carbocycles. The largest absolute Gasteiger partial charge is 0.396 e. The van der Waals surface area contributed by atoms with Crippen LogP contribution in [0.4, 0.5) is 0 Å². The summed E-state index contributed by atoms with van der Waals surface area (Å²) in [5.74, 6) is 0. The highest BCUT2D eigenvalue weighted by atomic mass is 35.5. The van der Waals surface area contributed by atoms with E-state index in [-0.39, 0.29) is 6.61 Å². The van der Waals surface area contributed by atoms with Gasteiger partial charge in [0.2, 0.25) is 0 Å². The van der Waals surface area contributed by atoms with E-state index >= 15 is 0 Å². The van der Waals surface area contributed by atoms with Gasteiger partial charge in [0.15, 0.2) is 0 Å². The number of hydrogen-bond donors (Lipinski definition) is 1. The summed E-state index contributed by atoms with van der Waals surface area (Å²) in [6, 6.07) is 7.35. The lowest BCUT2D eigenvalue weighted by molar-refractivity contribution is 0.299. The third-order valence-corrected chi connectivity index (χ3v) is 2.39. The number of hydrogen-bond acceptors (Lipinski definition) is 3. The molecule has 0 amide bonds. The number of halogens is 1. The van der Waals surface area contributed by atoms with Crippen LogP contribution in [0, 0.1) is 0 Å². The standard InChI is InChI=1S/C11H10ClNO2/c12-10-3-1-8(2-4-10)11-9(5-6-14)7-15-13-11/h1-4,7,14H,5-6H2. The molecule has 0 aliphatic carbocycles. The highest BCUT2D eigenvalue weighted by Crippen LogP contribution is 2.23. The predicted molar refractivity (Wildman–Crippen MR) is 57.7 cm³/mol. The number of aliphatic hydroxyl groups excluding tert-OH is 1. The molecular formula is C11H10ClNO2. The van der Waals surface area contributed by atoms with Gasteiger partial charge in [-0.15, -0.1) is 0 Å². The minimum absolute atomic E-state index is 0.0851. The molecule has 2 rings (SSSR count). The molecule has 4 heteroatoms. The van der Waals surface area contributed by atoms with Gasteiger partial charge in [0.1, 0.15) is 12.0 Å². The second-order valence-electron chi connectivity index (χ2n) is 3.17. The van der Waals surface area contributed by atoms with Crippen LogP contribution in [0.5, 0.6) is 0 Å². The van der Waals surface area contributed by atoms with Gasteiger partial charge in [-0.25, -0.2) is 0 Å². The molecule has 0 atom stereocenters. The van der Waals surface area contributed by atoms with Crippen molar-refractivity contribution in [3.63, 3.8) is 0 Å². The topological polar surface area (TPSA) is 46.3 Å².